The molecular formula is C15H22N4O2. The number of benzene rings is 1. The molecule has 0 bridgehead atoms. The zero-order valence-electron chi connectivity index (χ0n) is 12.3. The molecule has 0 spiro atoms. The number of rotatable bonds is 4. The van der Waals surface area contributed by atoms with Crippen LogP contribution in [0.25, 0.3) is 0 Å². The summed E-state index contributed by atoms with van der Waals surface area (Å²) < 4.78 is 0. The Morgan fingerprint density at radius 3 is 2.76 bits per heavy atom. The van der Waals surface area contributed by atoms with Gasteiger partial charge in [0.05, 0.1) is 6.54 Å². The molecule has 0 saturated carbocycles. The number of fused-ring (bicyclic) bond motifs is 1. The van der Waals surface area contributed by atoms with Crippen LogP contribution in [-0.2, 0) is 17.8 Å². The van der Waals surface area contributed by atoms with E-state index < -0.39 is 0 Å². The summed E-state index contributed by atoms with van der Waals surface area (Å²) in [5.41, 5.74) is 7.88. The molecule has 0 aliphatic carbocycles. The Labute approximate surface area is 124 Å². The van der Waals surface area contributed by atoms with Crippen molar-refractivity contribution in [2.75, 3.05) is 19.6 Å². The van der Waals surface area contributed by atoms with Crippen LogP contribution in [-0.4, -0.2) is 42.5 Å². The highest BCUT2D eigenvalue weighted by Gasteiger charge is 2.20. The lowest BCUT2D eigenvalue weighted by Crippen LogP contribution is -2.48. The fourth-order valence-corrected chi connectivity index (χ4v) is 2.32. The molecule has 6 heteroatoms. The van der Waals surface area contributed by atoms with E-state index in [2.05, 4.69) is 16.7 Å². The third-order valence-electron chi connectivity index (χ3n) is 3.58. The molecule has 0 unspecified atom stereocenters. The summed E-state index contributed by atoms with van der Waals surface area (Å²) in [6.07, 6.45) is 0.847. The topological polar surface area (TPSA) is 87.5 Å². The van der Waals surface area contributed by atoms with Gasteiger partial charge >= 0.3 is 6.03 Å². The number of nitrogens with zero attached hydrogens (tertiary/aromatic N) is 1. The molecule has 1 aliphatic heterocycles. The number of hydrogen-bond donors (Lipinski definition) is 3. The minimum absolute atomic E-state index is 0.0265. The van der Waals surface area contributed by atoms with Gasteiger partial charge in [0.15, 0.2) is 0 Å². The number of carbonyl (C=O) groups excluding carboxylic acids is 2. The summed E-state index contributed by atoms with van der Waals surface area (Å²) in [5.74, 6) is -0.223. The molecule has 114 valence electrons. The van der Waals surface area contributed by atoms with Gasteiger partial charge in [-0.1, -0.05) is 24.3 Å². The lowest BCUT2D eigenvalue weighted by atomic mass is 10.0. The maximum Gasteiger partial charge on any atom is 0.318 e. The summed E-state index contributed by atoms with van der Waals surface area (Å²) in [6, 6.07) is 7.81. The number of carbonyl (C=O) groups is 2. The van der Waals surface area contributed by atoms with E-state index in [1.807, 2.05) is 25.1 Å². The van der Waals surface area contributed by atoms with Crippen molar-refractivity contribution in [3.63, 3.8) is 0 Å². The molecular weight excluding hydrogens is 268 g/mol. The smallest absolute Gasteiger partial charge is 0.318 e. The lowest BCUT2D eigenvalue weighted by Gasteiger charge is -2.28. The van der Waals surface area contributed by atoms with Gasteiger partial charge in [-0.3, -0.25) is 4.79 Å². The fraction of sp³-hybridized carbons (Fsp3) is 0.467. The maximum absolute atomic E-state index is 12.1. The van der Waals surface area contributed by atoms with Gasteiger partial charge < -0.3 is 21.3 Å². The van der Waals surface area contributed by atoms with E-state index in [-0.39, 0.29) is 24.5 Å². The van der Waals surface area contributed by atoms with E-state index in [0.29, 0.717) is 19.6 Å². The number of nitrogens with one attached hydrogen (secondary N) is 2. The molecule has 0 radical (unpaired) electrons. The van der Waals surface area contributed by atoms with Crippen molar-refractivity contribution in [3.8, 4) is 0 Å². The van der Waals surface area contributed by atoms with Gasteiger partial charge in [0.2, 0.25) is 5.91 Å². The molecule has 1 aromatic carbocycles. The van der Waals surface area contributed by atoms with E-state index in [4.69, 9.17) is 5.73 Å². The predicted octanol–water partition coefficient (Wildman–Crippen LogP) is 0.218. The van der Waals surface area contributed by atoms with Crippen LogP contribution >= 0.6 is 0 Å². The summed E-state index contributed by atoms with van der Waals surface area (Å²) in [5, 5.41) is 5.35. The van der Waals surface area contributed by atoms with Gasteiger partial charge in [0.25, 0.3) is 0 Å². The van der Waals surface area contributed by atoms with E-state index in [0.717, 1.165) is 6.42 Å². The summed E-state index contributed by atoms with van der Waals surface area (Å²) in [6.45, 7) is 3.43. The molecule has 0 aromatic heterocycles. The fourth-order valence-electron chi connectivity index (χ4n) is 2.32. The quantitative estimate of drug-likeness (QED) is 0.741. The van der Waals surface area contributed by atoms with E-state index in [9.17, 15) is 9.59 Å². The highest BCUT2D eigenvalue weighted by molar-refractivity contribution is 5.84. The third kappa shape index (κ3) is 4.19. The Bertz CT molecular complexity index is 518. The van der Waals surface area contributed by atoms with Crippen LogP contribution in [0.2, 0.25) is 0 Å². The van der Waals surface area contributed by atoms with Crippen LogP contribution in [0.15, 0.2) is 24.3 Å². The van der Waals surface area contributed by atoms with Crippen LogP contribution in [0.4, 0.5) is 4.79 Å². The second kappa shape index (κ2) is 7.08. The Kier molecular flexibility index (Phi) is 5.16. The lowest BCUT2D eigenvalue weighted by molar-refractivity contribution is -0.120. The summed E-state index contributed by atoms with van der Waals surface area (Å²) in [4.78, 5) is 25.4. The number of nitrogens with two attached hydrogens (primary N) is 1. The molecule has 1 heterocycles. The molecule has 1 aliphatic rings. The standard InChI is InChI=1S/C15H22N4O2/c1-11(8-16)18-14(20)9-17-15(21)19-7-6-12-4-2-3-5-13(12)10-19/h2-5,11H,6-10,16H2,1H3,(H,17,21)(H,18,20)/t11-/m0/s1. The van der Waals surface area contributed by atoms with Gasteiger partial charge in [-0.15, -0.1) is 0 Å². The van der Waals surface area contributed by atoms with Crippen LogP contribution in [0.3, 0.4) is 0 Å². The van der Waals surface area contributed by atoms with E-state index >= 15 is 0 Å². The van der Waals surface area contributed by atoms with Crippen molar-refractivity contribution in [1.29, 1.82) is 0 Å². The van der Waals surface area contributed by atoms with E-state index in [1.165, 1.54) is 11.1 Å². The van der Waals surface area contributed by atoms with Gasteiger partial charge in [0, 0.05) is 25.7 Å². The minimum Gasteiger partial charge on any atom is -0.351 e. The summed E-state index contributed by atoms with van der Waals surface area (Å²) >= 11 is 0. The van der Waals surface area contributed by atoms with Crippen LogP contribution in [0.5, 0.6) is 0 Å². The van der Waals surface area contributed by atoms with Crippen LogP contribution in [0.1, 0.15) is 18.1 Å². The van der Waals surface area contributed by atoms with Crippen molar-refractivity contribution < 1.29 is 9.59 Å². The highest BCUT2D eigenvalue weighted by Crippen LogP contribution is 2.18. The first-order valence-corrected chi connectivity index (χ1v) is 7.19. The predicted molar refractivity (Wildman–Crippen MR) is 80.6 cm³/mol. The zero-order chi connectivity index (χ0) is 15.2. The molecule has 6 nitrogen and oxygen atoms in total. The van der Waals surface area contributed by atoms with Gasteiger partial charge in [-0.2, -0.15) is 0 Å². The third-order valence-corrected chi connectivity index (χ3v) is 3.58. The number of urea groups is 1. The van der Waals surface area contributed by atoms with Crippen molar-refractivity contribution in [1.82, 2.24) is 15.5 Å². The molecule has 1 aromatic rings. The number of amides is 3. The molecule has 4 N–H and O–H groups in total. The van der Waals surface area contributed by atoms with Gasteiger partial charge in [0.1, 0.15) is 0 Å². The van der Waals surface area contributed by atoms with Crippen LogP contribution in [0, 0.1) is 0 Å². The average molecular weight is 290 g/mol. The minimum atomic E-state index is -0.223. The Balaban J connectivity index is 1.81. The van der Waals surface area contributed by atoms with Gasteiger partial charge in [-0.25, -0.2) is 4.79 Å². The molecule has 21 heavy (non-hydrogen) atoms. The molecule has 2 rings (SSSR count). The summed E-state index contributed by atoms with van der Waals surface area (Å²) in [7, 11) is 0. The van der Waals surface area contributed by atoms with Crippen molar-refractivity contribution in [2.24, 2.45) is 5.73 Å². The largest absolute Gasteiger partial charge is 0.351 e. The molecule has 1 atom stereocenters. The monoisotopic (exact) mass is 290 g/mol. The average Bonchev–Trinajstić information content (AvgIpc) is 2.51. The SMILES string of the molecule is C[C@@H](CN)NC(=O)CNC(=O)N1CCc2ccccc2C1. The first-order chi connectivity index (χ1) is 10.1. The van der Waals surface area contributed by atoms with Gasteiger partial charge in [-0.05, 0) is 24.5 Å². The number of hydrogen-bond acceptors (Lipinski definition) is 3. The van der Waals surface area contributed by atoms with Crippen molar-refractivity contribution in [2.45, 2.75) is 25.9 Å². The first-order valence-electron chi connectivity index (χ1n) is 7.19. The molecule has 0 fully saturated rings. The van der Waals surface area contributed by atoms with E-state index in [1.54, 1.807) is 4.90 Å². The van der Waals surface area contributed by atoms with Crippen molar-refractivity contribution in [3.05, 3.63) is 35.4 Å². The Morgan fingerprint density at radius 2 is 2.05 bits per heavy atom. The zero-order valence-corrected chi connectivity index (χ0v) is 12.3. The molecule has 0 saturated heterocycles. The normalized spacial score (nSPS) is 15.0. The first kappa shape index (κ1) is 15.3. The van der Waals surface area contributed by atoms with Crippen LogP contribution < -0.4 is 16.4 Å². The Hall–Kier alpha value is -2.08. The second-order valence-corrected chi connectivity index (χ2v) is 5.30. The maximum atomic E-state index is 12.1. The van der Waals surface area contributed by atoms with Crippen molar-refractivity contribution >= 4 is 11.9 Å². The Morgan fingerprint density at radius 1 is 1.33 bits per heavy atom. The second-order valence-electron chi connectivity index (χ2n) is 5.30. The molecule has 3 amide bonds. The highest BCUT2D eigenvalue weighted by atomic mass is 16.2.